The summed E-state index contributed by atoms with van der Waals surface area (Å²) in [7, 11) is 0. The van der Waals surface area contributed by atoms with E-state index < -0.39 is 0 Å². The first kappa shape index (κ1) is 18.7. The molecule has 1 saturated heterocycles. The summed E-state index contributed by atoms with van der Waals surface area (Å²) in [5, 5.41) is 0.448. The summed E-state index contributed by atoms with van der Waals surface area (Å²) in [5.41, 5.74) is 8.60. The fraction of sp³-hybridized carbons (Fsp3) is 0.350. The third-order valence-electron chi connectivity index (χ3n) is 4.80. The van der Waals surface area contributed by atoms with Gasteiger partial charge in [0.05, 0.1) is 0 Å². The number of carbonyl (C=O) groups is 1. The quantitative estimate of drug-likeness (QED) is 0.815. The van der Waals surface area contributed by atoms with E-state index in [2.05, 4.69) is 4.90 Å². The number of anilines is 1. The molecule has 2 aromatic rings. The summed E-state index contributed by atoms with van der Waals surface area (Å²) in [6, 6.07) is 12.1. The Morgan fingerprint density at radius 1 is 1.08 bits per heavy atom. The lowest BCUT2D eigenvalue weighted by molar-refractivity contribution is -0.132. The van der Waals surface area contributed by atoms with Gasteiger partial charge in [-0.2, -0.15) is 0 Å². The first-order valence-corrected chi connectivity index (χ1v) is 9.18. The zero-order chi connectivity index (χ0) is 18.5. The fourth-order valence-corrected chi connectivity index (χ4v) is 3.43. The lowest BCUT2D eigenvalue weighted by atomic mass is 10.1. The third-order valence-corrected chi connectivity index (χ3v) is 5.15. The highest BCUT2D eigenvalue weighted by molar-refractivity contribution is 6.31. The number of piperazine rings is 1. The van der Waals surface area contributed by atoms with E-state index in [1.165, 1.54) is 12.1 Å². The van der Waals surface area contributed by atoms with Crippen molar-refractivity contribution < 1.29 is 9.18 Å². The maximum atomic E-state index is 13.1. The van der Waals surface area contributed by atoms with Crippen molar-refractivity contribution in [3.8, 4) is 0 Å². The van der Waals surface area contributed by atoms with E-state index in [0.717, 1.165) is 29.9 Å². The number of nitrogen functional groups attached to an aromatic ring is 1. The zero-order valence-electron chi connectivity index (χ0n) is 14.6. The number of hydrogen-bond donors (Lipinski definition) is 1. The molecule has 3 rings (SSSR count). The molecule has 0 bridgehead atoms. The Kier molecular flexibility index (Phi) is 6.12. The highest BCUT2D eigenvalue weighted by Crippen LogP contribution is 2.20. The second-order valence-corrected chi connectivity index (χ2v) is 7.00. The molecule has 2 aromatic carbocycles. The number of amides is 1. The largest absolute Gasteiger partial charge is 0.399 e. The van der Waals surface area contributed by atoms with Crippen molar-refractivity contribution in [1.29, 1.82) is 0 Å². The van der Waals surface area contributed by atoms with Gasteiger partial charge in [0.15, 0.2) is 0 Å². The summed E-state index contributed by atoms with van der Waals surface area (Å²) in [6.45, 7) is 3.63. The predicted molar refractivity (Wildman–Crippen MR) is 102 cm³/mol. The number of nitrogens with zero attached hydrogens (tertiary/aromatic N) is 2. The van der Waals surface area contributed by atoms with Crippen LogP contribution in [-0.4, -0.2) is 41.9 Å². The van der Waals surface area contributed by atoms with E-state index in [0.29, 0.717) is 37.5 Å². The van der Waals surface area contributed by atoms with E-state index in [4.69, 9.17) is 17.3 Å². The smallest absolute Gasteiger partial charge is 0.222 e. The van der Waals surface area contributed by atoms with Gasteiger partial charge in [-0.3, -0.25) is 9.69 Å². The van der Waals surface area contributed by atoms with Gasteiger partial charge in [-0.05, 0) is 35.7 Å². The van der Waals surface area contributed by atoms with Crippen LogP contribution in [0.1, 0.15) is 17.5 Å². The number of aryl methyl sites for hydroxylation is 1. The number of halogens is 2. The van der Waals surface area contributed by atoms with Crippen molar-refractivity contribution >= 4 is 23.2 Å². The van der Waals surface area contributed by atoms with E-state index in [1.807, 2.05) is 29.2 Å². The minimum Gasteiger partial charge on any atom is -0.399 e. The van der Waals surface area contributed by atoms with Crippen LogP contribution in [0.5, 0.6) is 0 Å². The molecule has 1 aliphatic heterocycles. The molecule has 1 heterocycles. The Morgan fingerprint density at radius 2 is 1.81 bits per heavy atom. The Bertz CT molecular complexity index is 775. The van der Waals surface area contributed by atoms with Gasteiger partial charge in [0.2, 0.25) is 5.91 Å². The summed E-state index contributed by atoms with van der Waals surface area (Å²) in [4.78, 5) is 16.6. The topological polar surface area (TPSA) is 49.6 Å². The highest BCUT2D eigenvalue weighted by Gasteiger charge is 2.21. The molecule has 1 aliphatic rings. The van der Waals surface area contributed by atoms with E-state index in [9.17, 15) is 9.18 Å². The number of para-hydroxylation sites is 1. The molecule has 4 nitrogen and oxygen atoms in total. The van der Waals surface area contributed by atoms with Crippen LogP contribution in [0.25, 0.3) is 0 Å². The molecule has 138 valence electrons. The van der Waals surface area contributed by atoms with Crippen LogP contribution < -0.4 is 5.73 Å². The van der Waals surface area contributed by atoms with Crippen LogP contribution in [-0.2, 0) is 17.8 Å². The Morgan fingerprint density at radius 3 is 2.50 bits per heavy atom. The standard InChI is InChI=1S/C20H23ClFN3O/c21-18-13-17(22)7-5-16(18)14-24-9-11-25(12-10-24)20(26)8-6-15-3-1-2-4-19(15)23/h1-5,7,13H,6,8-12,14,23H2. The predicted octanol–water partition coefficient (Wildman–Crippen LogP) is 3.34. The minimum absolute atomic E-state index is 0.160. The molecule has 0 aromatic heterocycles. The van der Waals surface area contributed by atoms with Crippen molar-refractivity contribution in [3.05, 3.63) is 64.4 Å². The average molecular weight is 376 g/mol. The van der Waals surface area contributed by atoms with Crippen LogP contribution in [0.15, 0.2) is 42.5 Å². The Balaban J connectivity index is 1.47. The third kappa shape index (κ3) is 4.74. The molecule has 0 radical (unpaired) electrons. The van der Waals surface area contributed by atoms with Gasteiger partial charge in [0.1, 0.15) is 5.82 Å². The molecule has 1 amide bonds. The van der Waals surface area contributed by atoms with Crippen molar-refractivity contribution in [3.63, 3.8) is 0 Å². The second-order valence-electron chi connectivity index (χ2n) is 6.59. The summed E-state index contributed by atoms with van der Waals surface area (Å²) >= 11 is 6.10. The van der Waals surface area contributed by atoms with Gasteiger partial charge in [-0.25, -0.2) is 4.39 Å². The molecule has 6 heteroatoms. The van der Waals surface area contributed by atoms with Gasteiger partial charge in [0, 0.05) is 49.9 Å². The first-order chi connectivity index (χ1) is 12.5. The molecule has 0 saturated carbocycles. The van der Waals surface area contributed by atoms with Gasteiger partial charge in [0.25, 0.3) is 0 Å². The average Bonchev–Trinajstić information content (AvgIpc) is 2.64. The SMILES string of the molecule is Nc1ccccc1CCC(=O)N1CCN(Cc2ccc(F)cc2Cl)CC1. The van der Waals surface area contributed by atoms with Crippen molar-refractivity contribution in [1.82, 2.24) is 9.80 Å². The molecule has 2 N–H and O–H groups in total. The van der Waals surface area contributed by atoms with E-state index in [-0.39, 0.29) is 11.7 Å². The monoisotopic (exact) mass is 375 g/mol. The second kappa shape index (κ2) is 8.52. The van der Waals surface area contributed by atoms with Crippen LogP contribution >= 0.6 is 11.6 Å². The van der Waals surface area contributed by atoms with Crippen molar-refractivity contribution in [2.24, 2.45) is 0 Å². The lowest BCUT2D eigenvalue weighted by Gasteiger charge is -2.35. The van der Waals surface area contributed by atoms with E-state index in [1.54, 1.807) is 6.07 Å². The van der Waals surface area contributed by atoms with Gasteiger partial charge in [-0.15, -0.1) is 0 Å². The first-order valence-electron chi connectivity index (χ1n) is 8.80. The van der Waals surface area contributed by atoms with Crippen LogP contribution in [0.3, 0.4) is 0 Å². The normalized spacial score (nSPS) is 15.2. The molecule has 0 aliphatic carbocycles. The zero-order valence-corrected chi connectivity index (χ0v) is 15.4. The maximum absolute atomic E-state index is 13.1. The Labute approximate surface area is 158 Å². The number of hydrogen-bond acceptors (Lipinski definition) is 3. The van der Waals surface area contributed by atoms with Gasteiger partial charge >= 0.3 is 0 Å². The minimum atomic E-state index is -0.326. The highest BCUT2D eigenvalue weighted by atomic mass is 35.5. The molecular formula is C20H23ClFN3O. The number of carbonyl (C=O) groups excluding carboxylic acids is 1. The number of benzene rings is 2. The van der Waals surface area contributed by atoms with Crippen LogP contribution in [0.2, 0.25) is 5.02 Å². The molecular weight excluding hydrogens is 353 g/mol. The summed E-state index contributed by atoms with van der Waals surface area (Å²) < 4.78 is 13.1. The number of rotatable bonds is 5. The van der Waals surface area contributed by atoms with Gasteiger partial charge < -0.3 is 10.6 Å². The summed E-state index contributed by atoms with van der Waals surface area (Å²) in [6.07, 6.45) is 1.13. The molecule has 0 atom stereocenters. The number of nitrogens with two attached hydrogens (primary N) is 1. The lowest BCUT2D eigenvalue weighted by Crippen LogP contribution is -2.48. The molecule has 26 heavy (non-hydrogen) atoms. The fourth-order valence-electron chi connectivity index (χ4n) is 3.21. The van der Waals surface area contributed by atoms with Crippen LogP contribution in [0.4, 0.5) is 10.1 Å². The molecule has 0 unspecified atom stereocenters. The van der Waals surface area contributed by atoms with Crippen LogP contribution in [0, 0.1) is 5.82 Å². The van der Waals surface area contributed by atoms with Crippen molar-refractivity contribution in [2.75, 3.05) is 31.9 Å². The van der Waals surface area contributed by atoms with Gasteiger partial charge in [-0.1, -0.05) is 35.9 Å². The Hall–Kier alpha value is -2.11. The van der Waals surface area contributed by atoms with E-state index >= 15 is 0 Å². The summed E-state index contributed by atoms with van der Waals surface area (Å²) in [5.74, 6) is -0.166. The molecule has 1 fully saturated rings. The maximum Gasteiger partial charge on any atom is 0.222 e. The van der Waals surface area contributed by atoms with Crippen molar-refractivity contribution in [2.45, 2.75) is 19.4 Å². The molecule has 0 spiro atoms.